The van der Waals surface area contributed by atoms with Crippen LogP contribution < -0.4 is 15.4 Å². The lowest BCUT2D eigenvalue weighted by Crippen LogP contribution is -2.54. The number of nitrogens with two attached hydrogens (primary N) is 1. The van der Waals surface area contributed by atoms with Gasteiger partial charge in [-0.1, -0.05) is 12.6 Å². The summed E-state index contributed by atoms with van der Waals surface area (Å²) < 4.78 is 97.3. The van der Waals surface area contributed by atoms with Crippen molar-refractivity contribution in [1.82, 2.24) is 19.8 Å². The Balaban J connectivity index is 1.44. The second-order valence-electron chi connectivity index (χ2n) is 13.0. The van der Waals surface area contributed by atoms with Crippen LogP contribution in [-0.4, -0.2) is 82.8 Å². The first-order chi connectivity index (χ1) is 23.8. The molecule has 0 unspecified atom stereocenters. The largest absolute Gasteiger partial charge is 0.461 e. The molecule has 50 heavy (non-hydrogen) atoms. The lowest BCUT2D eigenvalue weighted by atomic mass is 9.93. The Morgan fingerprint density at radius 2 is 2.02 bits per heavy atom. The molecule has 3 saturated heterocycles. The van der Waals surface area contributed by atoms with Gasteiger partial charge in [0.2, 0.25) is 11.6 Å². The maximum absolute atomic E-state index is 17.1. The molecular formula is C34H31F6N7O2S. The van der Waals surface area contributed by atoms with Crippen molar-refractivity contribution in [3.63, 3.8) is 0 Å². The van der Waals surface area contributed by atoms with E-state index in [9.17, 15) is 26.7 Å². The summed E-state index contributed by atoms with van der Waals surface area (Å²) in [4.78, 5) is 29.8. The van der Waals surface area contributed by atoms with E-state index < -0.39 is 52.2 Å². The Morgan fingerprint density at radius 3 is 2.72 bits per heavy atom. The molecule has 3 atom stereocenters. The van der Waals surface area contributed by atoms with Crippen LogP contribution >= 0.6 is 11.3 Å². The molecule has 7 rings (SSSR count). The van der Waals surface area contributed by atoms with E-state index in [2.05, 4.69) is 21.4 Å². The van der Waals surface area contributed by atoms with E-state index in [4.69, 9.17) is 17.0 Å². The monoisotopic (exact) mass is 715 g/mol. The van der Waals surface area contributed by atoms with Crippen molar-refractivity contribution < 1.29 is 35.9 Å². The third kappa shape index (κ3) is 5.47. The van der Waals surface area contributed by atoms with E-state index >= 15 is 4.39 Å². The van der Waals surface area contributed by atoms with Crippen LogP contribution in [0.4, 0.5) is 42.8 Å². The zero-order chi connectivity index (χ0) is 35.7. The summed E-state index contributed by atoms with van der Waals surface area (Å²) in [6.45, 7) is 14.3. The van der Waals surface area contributed by atoms with Crippen molar-refractivity contribution in [3.8, 4) is 17.1 Å². The van der Waals surface area contributed by atoms with Gasteiger partial charge in [0, 0.05) is 55.0 Å². The molecule has 16 heteroatoms. The summed E-state index contributed by atoms with van der Waals surface area (Å²) in [6.07, 6.45) is -3.28. The second-order valence-corrected chi connectivity index (χ2v) is 14.0. The molecule has 0 aliphatic carbocycles. The fraction of sp³-hybridized carbons (Fsp3) is 0.412. The van der Waals surface area contributed by atoms with Gasteiger partial charge in [0.1, 0.15) is 29.9 Å². The number of rotatable bonds is 6. The lowest BCUT2D eigenvalue weighted by Gasteiger charge is -2.40. The molecule has 9 nitrogen and oxygen atoms in total. The third-order valence-electron chi connectivity index (χ3n) is 9.98. The number of carbonyl (C=O) groups is 1. The van der Waals surface area contributed by atoms with Gasteiger partial charge in [-0.3, -0.25) is 9.69 Å². The number of nitrogen functional groups attached to an aromatic ring is 1. The SMILES string of the molecule is [C-]#[N+]c1c(N)sc2c(F)ccc(-c3c(C(F)(F)F)cc4c(N5CCN(C(=O)C=C)[C@H](C)C5)nc(OC[C@@]56CCCN5C[C@H](F)C6)nc4c3F)c12. The molecule has 5 heterocycles. The quantitative estimate of drug-likeness (QED) is 0.129. The van der Waals surface area contributed by atoms with Crippen molar-refractivity contribution in [3.05, 3.63) is 59.5 Å². The highest BCUT2D eigenvalue weighted by Gasteiger charge is 2.49. The number of hydrogen-bond acceptors (Lipinski definition) is 8. The molecule has 1 amide bonds. The van der Waals surface area contributed by atoms with Crippen molar-refractivity contribution in [1.29, 1.82) is 0 Å². The molecule has 2 N–H and O–H groups in total. The van der Waals surface area contributed by atoms with Crippen molar-refractivity contribution >= 4 is 54.7 Å². The Morgan fingerprint density at radius 1 is 1.24 bits per heavy atom. The second kappa shape index (κ2) is 12.3. The average molecular weight is 716 g/mol. The van der Waals surface area contributed by atoms with Crippen LogP contribution in [-0.2, 0) is 11.0 Å². The number of hydrogen-bond donors (Lipinski definition) is 1. The van der Waals surface area contributed by atoms with Gasteiger partial charge < -0.3 is 20.3 Å². The highest BCUT2D eigenvalue weighted by atomic mass is 32.1. The number of benzene rings is 2. The summed E-state index contributed by atoms with van der Waals surface area (Å²) in [5, 5.41) is -0.626. The van der Waals surface area contributed by atoms with Gasteiger partial charge in [-0.2, -0.15) is 23.1 Å². The molecule has 3 aliphatic heterocycles. The number of piperazine rings is 1. The summed E-state index contributed by atoms with van der Waals surface area (Å²) >= 11 is 0.683. The standard InChI is InChI=1S/C34H31F6N7O2S/c1-4-23(48)47-11-10-45(14-17(47)2)31-20-12-21(34(38,39)40)24(19-6-7-22(36)29-25(19)28(42-3)30(41)50-29)26(37)27(20)43-32(44-31)49-16-33-8-5-9-46(33)15-18(35)13-33/h4,6-7,12,17-18H,1,5,8-11,13-16,41H2,2H3/t17-,18-,33+/m1/s1. The maximum atomic E-state index is 17.1. The van der Waals surface area contributed by atoms with E-state index in [-0.39, 0.29) is 88.7 Å². The maximum Gasteiger partial charge on any atom is 0.417 e. The molecular weight excluding hydrogens is 684 g/mol. The van der Waals surface area contributed by atoms with E-state index in [0.29, 0.717) is 24.3 Å². The van der Waals surface area contributed by atoms with Gasteiger partial charge in [-0.15, -0.1) is 11.3 Å². The minimum absolute atomic E-state index is 0.0212. The molecule has 2 aromatic heterocycles. The van der Waals surface area contributed by atoms with Gasteiger partial charge >= 0.3 is 12.2 Å². The summed E-state index contributed by atoms with van der Waals surface area (Å²) in [5.74, 6) is -2.56. The molecule has 4 aromatic rings. The van der Waals surface area contributed by atoms with E-state index in [1.807, 2.05) is 4.90 Å². The smallest absolute Gasteiger partial charge is 0.417 e. The molecule has 0 spiro atoms. The van der Waals surface area contributed by atoms with Crippen molar-refractivity contribution in [2.75, 3.05) is 50.0 Å². The highest BCUT2D eigenvalue weighted by molar-refractivity contribution is 7.23. The van der Waals surface area contributed by atoms with Gasteiger partial charge in [-0.25, -0.2) is 18.0 Å². The number of halogens is 6. The fourth-order valence-electron chi connectivity index (χ4n) is 7.72. The van der Waals surface area contributed by atoms with Crippen LogP contribution in [0.1, 0.15) is 31.7 Å². The normalized spacial score (nSPS) is 22.7. The summed E-state index contributed by atoms with van der Waals surface area (Å²) in [5.41, 5.74) is 1.86. The van der Waals surface area contributed by atoms with E-state index in [1.54, 1.807) is 16.7 Å². The van der Waals surface area contributed by atoms with E-state index in [1.165, 1.54) is 6.08 Å². The summed E-state index contributed by atoms with van der Waals surface area (Å²) in [7, 11) is 0. The minimum atomic E-state index is -5.11. The van der Waals surface area contributed by atoms with Crippen LogP contribution in [0.25, 0.3) is 37.0 Å². The molecule has 2 aromatic carbocycles. The number of ether oxygens (including phenoxy) is 1. The van der Waals surface area contributed by atoms with Crippen LogP contribution in [0.5, 0.6) is 6.01 Å². The Kier molecular flexibility index (Phi) is 8.33. The zero-order valence-corrected chi connectivity index (χ0v) is 27.6. The minimum Gasteiger partial charge on any atom is -0.461 e. The topological polar surface area (TPSA) is 92.2 Å². The van der Waals surface area contributed by atoms with Gasteiger partial charge in [0.05, 0.1) is 27.4 Å². The Hall–Kier alpha value is -4.62. The number of thiophene rings is 1. The van der Waals surface area contributed by atoms with Crippen LogP contribution in [0.15, 0.2) is 30.9 Å². The van der Waals surface area contributed by atoms with Crippen LogP contribution in [0, 0.1) is 18.2 Å². The number of anilines is 2. The summed E-state index contributed by atoms with van der Waals surface area (Å²) in [6, 6.07) is 1.93. The average Bonchev–Trinajstić information content (AvgIpc) is 3.72. The van der Waals surface area contributed by atoms with Crippen LogP contribution in [0.3, 0.4) is 0 Å². The number of nitrogens with zero attached hydrogens (tertiary/aromatic N) is 6. The molecule has 3 aliphatic rings. The first-order valence-corrected chi connectivity index (χ1v) is 16.8. The number of fused-ring (bicyclic) bond motifs is 3. The predicted molar refractivity (Wildman–Crippen MR) is 178 cm³/mol. The molecule has 0 bridgehead atoms. The molecule has 3 fully saturated rings. The van der Waals surface area contributed by atoms with E-state index in [0.717, 1.165) is 24.6 Å². The molecule has 262 valence electrons. The predicted octanol–water partition coefficient (Wildman–Crippen LogP) is 7.12. The van der Waals surface area contributed by atoms with Crippen molar-refractivity contribution in [2.45, 2.75) is 50.1 Å². The Labute approximate surface area is 286 Å². The first kappa shape index (κ1) is 33.9. The number of amides is 1. The van der Waals surface area contributed by atoms with Gasteiger partial charge in [0.25, 0.3) is 0 Å². The fourth-order valence-corrected chi connectivity index (χ4v) is 8.66. The first-order valence-electron chi connectivity index (χ1n) is 16.0. The lowest BCUT2D eigenvalue weighted by molar-refractivity contribution is -0.137. The zero-order valence-electron chi connectivity index (χ0n) is 26.8. The van der Waals surface area contributed by atoms with Crippen molar-refractivity contribution in [2.24, 2.45) is 0 Å². The number of carbonyl (C=O) groups excluding carboxylic acids is 1. The molecule has 0 radical (unpaired) electrons. The highest BCUT2D eigenvalue weighted by Crippen LogP contribution is 2.51. The number of alkyl halides is 4. The van der Waals surface area contributed by atoms with Crippen LogP contribution in [0.2, 0.25) is 0 Å². The Bertz CT molecular complexity index is 2100. The third-order valence-corrected chi connectivity index (χ3v) is 11.0. The van der Waals surface area contributed by atoms with Gasteiger partial charge in [0.15, 0.2) is 5.82 Å². The van der Waals surface area contributed by atoms with Gasteiger partial charge in [-0.05, 0) is 50.1 Å². The molecule has 0 saturated carbocycles. The number of aromatic nitrogens is 2.